The van der Waals surface area contributed by atoms with Crippen LogP contribution in [0.3, 0.4) is 0 Å². The van der Waals surface area contributed by atoms with E-state index in [2.05, 4.69) is 15.6 Å². The number of hydrogen-bond donors (Lipinski definition) is 2. The van der Waals surface area contributed by atoms with Gasteiger partial charge in [0.1, 0.15) is 5.82 Å². The van der Waals surface area contributed by atoms with Gasteiger partial charge in [0.15, 0.2) is 0 Å². The number of benzene rings is 1. The van der Waals surface area contributed by atoms with Crippen LogP contribution in [0, 0.1) is 5.82 Å². The first kappa shape index (κ1) is 15.9. The Bertz CT molecular complexity index is 626. The van der Waals surface area contributed by atoms with Crippen LogP contribution in [0.4, 0.5) is 10.1 Å². The Morgan fingerprint density at radius 1 is 1.23 bits per heavy atom. The van der Waals surface area contributed by atoms with Crippen molar-refractivity contribution in [1.29, 1.82) is 0 Å². The lowest BCUT2D eigenvalue weighted by Gasteiger charge is -2.11. The molecular formula is C17H20FN3O. The van der Waals surface area contributed by atoms with E-state index in [0.717, 1.165) is 11.3 Å². The van der Waals surface area contributed by atoms with Crippen LogP contribution in [0.15, 0.2) is 42.7 Å². The third-order valence-corrected chi connectivity index (χ3v) is 3.07. The number of nitrogens with zero attached hydrogens (tertiary/aromatic N) is 1. The van der Waals surface area contributed by atoms with E-state index in [1.807, 2.05) is 13.8 Å². The number of rotatable bonds is 6. The number of pyridine rings is 1. The molecule has 0 spiro atoms. The van der Waals surface area contributed by atoms with E-state index in [4.69, 9.17) is 0 Å². The molecule has 1 heterocycles. The second-order valence-electron chi connectivity index (χ2n) is 5.39. The fourth-order valence-corrected chi connectivity index (χ4v) is 2.05. The van der Waals surface area contributed by atoms with Crippen LogP contribution in [-0.4, -0.2) is 23.5 Å². The molecule has 0 aliphatic heterocycles. The predicted octanol–water partition coefficient (Wildman–Crippen LogP) is 3.01. The minimum absolute atomic E-state index is 0.165. The van der Waals surface area contributed by atoms with Gasteiger partial charge in [-0.1, -0.05) is 12.1 Å². The Hall–Kier alpha value is -2.43. The molecule has 0 aliphatic rings. The number of halogens is 1. The summed E-state index contributed by atoms with van der Waals surface area (Å²) in [5.41, 5.74) is 2.32. The maximum Gasteiger partial charge on any atom is 0.252 e. The number of nitrogens with one attached hydrogen (secondary N) is 2. The molecule has 4 nitrogen and oxygen atoms in total. The smallest absolute Gasteiger partial charge is 0.252 e. The largest absolute Gasteiger partial charge is 0.382 e. The molecule has 0 aliphatic carbocycles. The number of anilines is 1. The molecule has 22 heavy (non-hydrogen) atoms. The molecule has 0 saturated carbocycles. The summed E-state index contributed by atoms with van der Waals surface area (Å²) in [5.74, 6) is -0.421. The lowest BCUT2D eigenvalue weighted by Crippen LogP contribution is -2.26. The average Bonchev–Trinajstić information content (AvgIpc) is 2.49. The van der Waals surface area contributed by atoms with Gasteiger partial charge in [-0.05, 0) is 44.0 Å². The van der Waals surface area contributed by atoms with Crippen molar-refractivity contribution in [2.24, 2.45) is 0 Å². The number of carbonyl (C=O) groups excluding carboxylic acids is 1. The standard InChI is InChI=1S/C17H20FN3O/c1-12(2)21-16-9-14(10-19-11-16)17(22)20-8-7-13-3-5-15(18)6-4-13/h3-6,9-12,21H,7-8H2,1-2H3,(H,20,22). The van der Waals surface area contributed by atoms with Crippen LogP contribution in [0.25, 0.3) is 0 Å². The highest BCUT2D eigenvalue weighted by Gasteiger charge is 2.07. The Morgan fingerprint density at radius 3 is 2.64 bits per heavy atom. The van der Waals surface area contributed by atoms with E-state index in [9.17, 15) is 9.18 Å². The maximum atomic E-state index is 12.8. The van der Waals surface area contributed by atoms with E-state index in [1.54, 1.807) is 30.6 Å². The first-order valence-electron chi connectivity index (χ1n) is 7.29. The first-order chi connectivity index (χ1) is 10.5. The Kier molecular flexibility index (Phi) is 5.47. The summed E-state index contributed by atoms with van der Waals surface area (Å²) in [6, 6.07) is 8.33. The van der Waals surface area contributed by atoms with Crippen molar-refractivity contribution < 1.29 is 9.18 Å². The summed E-state index contributed by atoms with van der Waals surface area (Å²) in [4.78, 5) is 16.2. The van der Waals surface area contributed by atoms with Gasteiger partial charge in [0.05, 0.1) is 11.3 Å². The van der Waals surface area contributed by atoms with Crippen molar-refractivity contribution in [2.45, 2.75) is 26.3 Å². The summed E-state index contributed by atoms with van der Waals surface area (Å²) >= 11 is 0. The molecule has 0 fully saturated rings. The van der Waals surface area contributed by atoms with Crippen LogP contribution in [0.5, 0.6) is 0 Å². The summed E-state index contributed by atoms with van der Waals surface area (Å²) in [5, 5.41) is 6.05. The zero-order valence-corrected chi connectivity index (χ0v) is 12.8. The molecule has 0 atom stereocenters. The van der Waals surface area contributed by atoms with Crippen molar-refractivity contribution in [3.05, 3.63) is 59.7 Å². The van der Waals surface area contributed by atoms with E-state index < -0.39 is 0 Å². The highest BCUT2D eigenvalue weighted by Crippen LogP contribution is 2.10. The van der Waals surface area contributed by atoms with Crippen LogP contribution in [-0.2, 0) is 6.42 Å². The highest BCUT2D eigenvalue weighted by atomic mass is 19.1. The van der Waals surface area contributed by atoms with Crippen LogP contribution >= 0.6 is 0 Å². The van der Waals surface area contributed by atoms with Gasteiger partial charge in [-0.2, -0.15) is 0 Å². The molecule has 116 valence electrons. The zero-order valence-electron chi connectivity index (χ0n) is 12.8. The van der Waals surface area contributed by atoms with E-state index >= 15 is 0 Å². The van der Waals surface area contributed by atoms with Crippen molar-refractivity contribution in [2.75, 3.05) is 11.9 Å². The molecule has 5 heteroatoms. The highest BCUT2D eigenvalue weighted by molar-refractivity contribution is 5.94. The fraction of sp³-hybridized carbons (Fsp3) is 0.294. The molecule has 0 unspecified atom stereocenters. The molecule has 0 saturated heterocycles. The van der Waals surface area contributed by atoms with Crippen molar-refractivity contribution in [3.63, 3.8) is 0 Å². The minimum Gasteiger partial charge on any atom is -0.382 e. The number of hydrogen-bond acceptors (Lipinski definition) is 3. The number of aromatic nitrogens is 1. The second-order valence-corrected chi connectivity index (χ2v) is 5.39. The normalized spacial score (nSPS) is 10.5. The van der Waals surface area contributed by atoms with Crippen molar-refractivity contribution in [1.82, 2.24) is 10.3 Å². The average molecular weight is 301 g/mol. The molecule has 1 amide bonds. The fourth-order valence-electron chi connectivity index (χ4n) is 2.05. The van der Waals surface area contributed by atoms with Gasteiger partial charge in [0.2, 0.25) is 0 Å². The lowest BCUT2D eigenvalue weighted by molar-refractivity contribution is 0.0954. The van der Waals surface area contributed by atoms with Gasteiger partial charge < -0.3 is 10.6 Å². The van der Waals surface area contributed by atoms with Crippen LogP contribution < -0.4 is 10.6 Å². The van der Waals surface area contributed by atoms with E-state index in [0.29, 0.717) is 18.5 Å². The Morgan fingerprint density at radius 2 is 1.95 bits per heavy atom. The van der Waals surface area contributed by atoms with Gasteiger partial charge in [0.25, 0.3) is 5.91 Å². The molecule has 1 aromatic carbocycles. The third kappa shape index (κ3) is 4.84. The minimum atomic E-state index is -0.256. The number of carbonyl (C=O) groups is 1. The second kappa shape index (κ2) is 7.54. The summed E-state index contributed by atoms with van der Waals surface area (Å²) in [6.07, 6.45) is 3.89. The maximum absolute atomic E-state index is 12.8. The molecule has 0 bridgehead atoms. The molecular weight excluding hydrogens is 281 g/mol. The molecule has 2 aromatic rings. The summed E-state index contributed by atoms with van der Waals surface area (Å²) < 4.78 is 12.8. The molecule has 0 radical (unpaired) electrons. The number of amides is 1. The summed E-state index contributed by atoms with van der Waals surface area (Å²) in [6.45, 7) is 4.54. The first-order valence-corrected chi connectivity index (χ1v) is 7.29. The van der Waals surface area contributed by atoms with Crippen LogP contribution in [0.1, 0.15) is 29.8 Å². The quantitative estimate of drug-likeness (QED) is 0.862. The lowest BCUT2D eigenvalue weighted by atomic mass is 10.1. The predicted molar refractivity (Wildman–Crippen MR) is 85.4 cm³/mol. The Labute approximate surface area is 129 Å². The van der Waals surface area contributed by atoms with Gasteiger partial charge in [-0.3, -0.25) is 9.78 Å². The van der Waals surface area contributed by atoms with Gasteiger partial charge in [-0.25, -0.2) is 4.39 Å². The van der Waals surface area contributed by atoms with E-state index in [1.165, 1.54) is 12.1 Å². The van der Waals surface area contributed by atoms with Crippen molar-refractivity contribution in [3.8, 4) is 0 Å². The molecule has 2 N–H and O–H groups in total. The molecule has 1 aromatic heterocycles. The van der Waals surface area contributed by atoms with Gasteiger partial charge in [-0.15, -0.1) is 0 Å². The monoisotopic (exact) mass is 301 g/mol. The SMILES string of the molecule is CC(C)Nc1cncc(C(=O)NCCc2ccc(F)cc2)c1. The van der Waals surface area contributed by atoms with Gasteiger partial charge in [0, 0.05) is 25.0 Å². The third-order valence-electron chi connectivity index (χ3n) is 3.07. The Balaban J connectivity index is 1.88. The topological polar surface area (TPSA) is 54.0 Å². The summed E-state index contributed by atoms with van der Waals surface area (Å²) in [7, 11) is 0. The van der Waals surface area contributed by atoms with E-state index in [-0.39, 0.29) is 17.8 Å². The van der Waals surface area contributed by atoms with Crippen LogP contribution in [0.2, 0.25) is 0 Å². The zero-order chi connectivity index (χ0) is 15.9. The van der Waals surface area contributed by atoms with Gasteiger partial charge >= 0.3 is 0 Å². The van der Waals surface area contributed by atoms with Crippen molar-refractivity contribution >= 4 is 11.6 Å². The molecule has 2 rings (SSSR count).